The van der Waals surface area contributed by atoms with E-state index in [1.54, 1.807) is 37.3 Å². The van der Waals surface area contributed by atoms with E-state index in [1.165, 1.54) is 13.4 Å². The van der Waals surface area contributed by atoms with Crippen LogP contribution in [0.5, 0.6) is 23.1 Å². The molecule has 0 spiro atoms. The van der Waals surface area contributed by atoms with Gasteiger partial charge in [-0.05, 0) is 38.1 Å². The molecule has 0 radical (unpaired) electrons. The molecular formula is C20H18FN3O4. The summed E-state index contributed by atoms with van der Waals surface area (Å²) in [4.78, 5) is 21.7. The molecule has 1 N–H and O–H groups in total. The van der Waals surface area contributed by atoms with Crippen LogP contribution in [0.4, 0.5) is 4.39 Å². The molecular weight excluding hydrogens is 365 g/mol. The summed E-state index contributed by atoms with van der Waals surface area (Å²) in [6.07, 6.45) is 1.34. The molecule has 2 aromatic carbocycles. The monoisotopic (exact) mass is 383 g/mol. The Morgan fingerprint density at radius 3 is 2.68 bits per heavy atom. The molecule has 2 aromatic heterocycles. The number of halogens is 1. The summed E-state index contributed by atoms with van der Waals surface area (Å²) in [5.41, 5.74) is 2.11. The molecule has 0 atom stereocenters. The van der Waals surface area contributed by atoms with Crippen molar-refractivity contribution < 1.29 is 23.6 Å². The maximum atomic E-state index is 14.9. The van der Waals surface area contributed by atoms with Crippen LogP contribution in [0.2, 0.25) is 0 Å². The summed E-state index contributed by atoms with van der Waals surface area (Å²) >= 11 is 0. The van der Waals surface area contributed by atoms with Gasteiger partial charge in [-0.1, -0.05) is 0 Å². The summed E-state index contributed by atoms with van der Waals surface area (Å²) < 4.78 is 26.0. The van der Waals surface area contributed by atoms with Gasteiger partial charge in [0.2, 0.25) is 11.6 Å². The summed E-state index contributed by atoms with van der Waals surface area (Å²) in [6.45, 7) is 4.05. The van der Waals surface area contributed by atoms with Crippen LogP contribution in [-0.4, -0.2) is 28.7 Å². The second-order valence-corrected chi connectivity index (χ2v) is 6.08. The lowest BCUT2D eigenvalue weighted by atomic mass is 10.2. The minimum Gasteiger partial charge on any atom is -0.493 e. The Morgan fingerprint density at radius 1 is 1.04 bits per heavy atom. The van der Waals surface area contributed by atoms with Crippen molar-refractivity contribution in [2.24, 2.45) is 0 Å². The standard InChI is InChI=1S/C20H18FN3O4/c1-4-26-28-18-9-15-13(8-17(18)25-3)20(23-10-22-15)27-16-6-5-14-12(19(16)21)7-11(2)24-14/h5-10,24H,4H2,1-3H3. The predicted molar refractivity (Wildman–Crippen MR) is 101 cm³/mol. The van der Waals surface area contributed by atoms with Gasteiger partial charge in [-0.3, -0.25) is 0 Å². The van der Waals surface area contributed by atoms with Crippen LogP contribution in [0, 0.1) is 12.7 Å². The Bertz CT molecular complexity index is 1160. The van der Waals surface area contributed by atoms with E-state index in [4.69, 9.17) is 19.2 Å². The van der Waals surface area contributed by atoms with Crippen molar-refractivity contribution >= 4 is 21.8 Å². The van der Waals surface area contributed by atoms with E-state index in [0.29, 0.717) is 39.9 Å². The van der Waals surface area contributed by atoms with Gasteiger partial charge in [0.25, 0.3) is 0 Å². The molecule has 0 bridgehead atoms. The third kappa shape index (κ3) is 3.18. The predicted octanol–water partition coefficient (Wildman–Crippen LogP) is 4.69. The minimum absolute atomic E-state index is 0.0695. The first kappa shape index (κ1) is 18.0. The van der Waals surface area contributed by atoms with E-state index in [9.17, 15) is 4.39 Å². The van der Waals surface area contributed by atoms with Gasteiger partial charge in [0.05, 0.1) is 24.6 Å². The van der Waals surface area contributed by atoms with Gasteiger partial charge in [0, 0.05) is 22.7 Å². The lowest BCUT2D eigenvalue weighted by molar-refractivity contribution is -0.202. The highest BCUT2D eigenvalue weighted by atomic mass is 19.1. The molecule has 0 saturated heterocycles. The molecule has 144 valence electrons. The normalized spacial score (nSPS) is 11.1. The van der Waals surface area contributed by atoms with Crippen LogP contribution in [0.1, 0.15) is 12.6 Å². The van der Waals surface area contributed by atoms with E-state index in [0.717, 1.165) is 5.69 Å². The quantitative estimate of drug-likeness (QED) is 0.384. The molecule has 2 heterocycles. The van der Waals surface area contributed by atoms with Gasteiger partial charge in [-0.2, -0.15) is 4.89 Å². The topological polar surface area (TPSA) is 78.5 Å². The summed E-state index contributed by atoms with van der Waals surface area (Å²) in [5, 5.41) is 1.01. The Kier molecular flexibility index (Phi) is 4.70. The first-order chi connectivity index (χ1) is 13.6. The fourth-order valence-corrected chi connectivity index (χ4v) is 2.94. The zero-order valence-electron chi connectivity index (χ0n) is 15.6. The van der Waals surface area contributed by atoms with E-state index >= 15 is 0 Å². The van der Waals surface area contributed by atoms with E-state index in [2.05, 4.69) is 15.0 Å². The zero-order valence-corrected chi connectivity index (χ0v) is 15.6. The molecule has 28 heavy (non-hydrogen) atoms. The van der Waals surface area contributed by atoms with Crippen molar-refractivity contribution in [2.45, 2.75) is 13.8 Å². The molecule has 4 aromatic rings. The lowest BCUT2D eigenvalue weighted by Crippen LogP contribution is -2.00. The highest BCUT2D eigenvalue weighted by Gasteiger charge is 2.16. The van der Waals surface area contributed by atoms with E-state index in [1.807, 2.05) is 6.92 Å². The SMILES string of the molecule is CCOOc1cc2ncnc(Oc3ccc4[nH]c(C)cc4c3F)c2cc1OC. The number of methoxy groups -OCH3 is 1. The molecule has 0 amide bonds. The number of benzene rings is 2. The number of H-pyrrole nitrogens is 1. The Hall–Kier alpha value is -3.39. The smallest absolute Gasteiger partial charge is 0.230 e. The van der Waals surface area contributed by atoms with Crippen molar-refractivity contribution in [2.75, 3.05) is 13.7 Å². The highest BCUT2D eigenvalue weighted by Crippen LogP contribution is 2.37. The van der Waals surface area contributed by atoms with Crippen LogP contribution in [0.3, 0.4) is 0 Å². The average molecular weight is 383 g/mol. The Balaban J connectivity index is 1.77. The fraction of sp³-hybridized carbons (Fsp3) is 0.200. The second kappa shape index (κ2) is 7.32. The first-order valence-corrected chi connectivity index (χ1v) is 8.68. The van der Waals surface area contributed by atoms with Gasteiger partial charge in [0.1, 0.15) is 6.33 Å². The van der Waals surface area contributed by atoms with Crippen LogP contribution >= 0.6 is 0 Å². The molecule has 4 rings (SSSR count). The molecule has 0 fully saturated rings. The van der Waals surface area contributed by atoms with Crippen LogP contribution < -0.4 is 14.4 Å². The van der Waals surface area contributed by atoms with E-state index in [-0.39, 0.29) is 11.6 Å². The average Bonchev–Trinajstić information content (AvgIpc) is 3.09. The fourth-order valence-electron chi connectivity index (χ4n) is 2.94. The van der Waals surface area contributed by atoms with Crippen molar-refractivity contribution in [1.29, 1.82) is 0 Å². The maximum absolute atomic E-state index is 14.9. The largest absolute Gasteiger partial charge is 0.493 e. The van der Waals surface area contributed by atoms with Gasteiger partial charge in [-0.15, -0.1) is 0 Å². The van der Waals surface area contributed by atoms with Crippen LogP contribution in [0.15, 0.2) is 36.7 Å². The molecule has 0 aliphatic rings. The number of nitrogens with one attached hydrogen (secondary N) is 1. The number of hydrogen-bond donors (Lipinski definition) is 1. The number of fused-ring (bicyclic) bond motifs is 2. The number of nitrogens with zero attached hydrogens (tertiary/aromatic N) is 2. The van der Waals surface area contributed by atoms with Gasteiger partial charge < -0.3 is 19.3 Å². The van der Waals surface area contributed by atoms with Crippen molar-refractivity contribution in [3.63, 3.8) is 0 Å². The van der Waals surface area contributed by atoms with Gasteiger partial charge in [-0.25, -0.2) is 14.4 Å². The lowest BCUT2D eigenvalue weighted by Gasteiger charge is -2.12. The third-order valence-electron chi connectivity index (χ3n) is 4.19. The van der Waals surface area contributed by atoms with Gasteiger partial charge >= 0.3 is 0 Å². The number of rotatable bonds is 6. The summed E-state index contributed by atoms with van der Waals surface area (Å²) in [6, 6.07) is 8.36. The summed E-state index contributed by atoms with van der Waals surface area (Å²) in [7, 11) is 1.51. The number of aromatic amines is 1. The number of aromatic nitrogens is 3. The summed E-state index contributed by atoms with van der Waals surface area (Å²) in [5.74, 6) is 0.600. The van der Waals surface area contributed by atoms with Crippen molar-refractivity contribution in [1.82, 2.24) is 15.0 Å². The van der Waals surface area contributed by atoms with Gasteiger partial charge in [0.15, 0.2) is 17.3 Å². The zero-order chi connectivity index (χ0) is 19.7. The Morgan fingerprint density at radius 2 is 1.89 bits per heavy atom. The first-order valence-electron chi connectivity index (χ1n) is 8.68. The molecule has 0 aliphatic carbocycles. The number of ether oxygens (including phenoxy) is 2. The second-order valence-electron chi connectivity index (χ2n) is 6.08. The maximum Gasteiger partial charge on any atom is 0.230 e. The molecule has 0 aliphatic heterocycles. The number of aryl methyl sites for hydroxylation is 1. The molecule has 7 nitrogen and oxygen atoms in total. The third-order valence-corrected chi connectivity index (χ3v) is 4.19. The molecule has 8 heteroatoms. The van der Waals surface area contributed by atoms with Crippen LogP contribution in [0.25, 0.3) is 21.8 Å². The number of hydrogen-bond acceptors (Lipinski definition) is 6. The molecule has 0 unspecified atom stereocenters. The minimum atomic E-state index is -0.461. The van der Waals surface area contributed by atoms with Crippen molar-refractivity contribution in [3.05, 3.63) is 48.2 Å². The molecule has 0 saturated carbocycles. The highest BCUT2D eigenvalue weighted by molar-refractivity contribution is 5.87. The van der Waals surface area contributed by atoms with Crippen molar-refractivity contribution in [3.8, 4) is 23.1 Å². The van der Waals surface area contributed by atoms with Crippen LogP contribution in [-0.2, 0) is 4.89 Å². The van der Waals surface area contributed by atoms with E-state index < -0.39 is 5.82 Å². The Labute approximate surface area is 160 Å².